The molecule has 1 aromatic rings. The fourth-order valence-corrected chi connectivity index (χ4v) is 1.34. The first-order valence-corrected chi connectivity index (χ1v) is 4.58. The molecule has 1 unspecified atom stereocenters. The van der Waals surface area contributed by atoms with Crippen molar-refractivity contribution in [3.8, 4) is 5.88 Å². The summed E-state index contributed by atoms with van der Waals surface area (Å²) in [6.07, 6.45) is -1.18. The van der Waals surface area contributed by atoms with E-state index >= 15 is 0 Å². The Morgan fingerprint density at radius 2 is 2.21 bits per heavy atom. The molecule has 78 valence electrons. The second-order valence-electron chi connectivity index (χ2n) is 2.61. The van der Waals surface area contributed by atoms with E-state index in [4.69, 9.17) is 10.5 Å². The second kappa shape index (κ2) is 4.65. The van der Waals surface area contributed by atoms with Crippen LogP contribution >= 0.6 is 15.9 Å². The molecule has 0 aliphatic heterocycles. The molecule has 0 aliphatic rings. The normalized spacial score (nSPS) is 13.0. The lowest BCUT2D eigenvalue weighted by molar-refractivity contribution is 0.115. The Labute approximate surface area is 88.4 Å². The van der Waals surface area contributed by atoms with Gasteiger partial charge in [-0.25, -0.2) is 13.8 Å². The van der Waals surface area contributed by atoms with Gasteiger partial charge in [-0.05, 0) is 22.0 Å². The number of hydrogen-bond donors (Lipinski definition) is 1. The summed E-state index contributed by atoms with van der Waals surface area (Å²) in [5, 5.41) is 0. The molecule has 1 atom stereocenters. The summed E-state index contributed by atoms with van der Waals surface area (Å²) in [5.74, 6) is 0.126. The van der Waals surface area contributed by atoms with Crippen molar-refractivity contribution in [2.24, 2.45) is 5.73 Å². The van der Waals surface area contributed by atoms with E-state index in [1.165, 1.54) is 19.4 Å². The Bertz CT molecular complexity index is 322. The maximum Gasteiger partial charge on any atom is 0.257 e. The van der Waals surface area contributed by atoms with Gasteiger partial charge >= 0.3 is 0 Å². The highest BCUT2D eigenvalue weighted by Gasteiger charge is 2.22. The molecule has 0 amide bonds. The molecule has 0 bridgehead atoms. The third-order valence-electron chi connectivity index (χ3n) is 1.67. The Morgan fingerprint density at radius 1 is 1.57 bits per heavy atom. The van der Waals surface area contributed by atoms with Crippen LogP contribution in [0.1, 0.15) is 11.6 Å². The second-order valence-corrected chi connectivity index (χ2v) is 3.53. The predicted octanol–water partition coefficient (Wildman–Crippen LogP) is 2.12. The van der Waals surface area contributed by atoms with E-state index in [1.54, 1.807) is 0 Å². The van der Waals surface area contributed by atoms with Crippen molar-refractivity contribution in [2.45, 2.75) is 12.5 Å². The topological polar surface area (TPSA) is 48.1 Å². The Kier molecular flexibility index (Phi) is 3.77. The number of aromatic nitrogens is 1. The minimum Gasteiger partial charge on any atom is -0.481 e. The quantitative estimate of drug-likeness (QED) is 0.912. The number of methoxy groups -OCH3 is 1. The fourth-order valence-electron chi connectivity index (χ4n) is 0.987. The van der Waals surface area contributed by atoms with Crippen LogP contribution in [0.3, 0.4) is 0 Å². The van der Waals surface area contributed by atoms with E-state index in [1.807, 2.05) is 0 Å². The molecule has 0 aromatic carbocycles. The molecule has 0 spiro atoms. The van der Waals surface area contributed by atoms with Crippen molar-refractivity contribution in [1.82, 2.24) is 4.98 Å². The lowest BCUT2D eigenvalue weighted by Crippen LogP contribution is -2.20. The summed E-state index contributed by atoms with van der Waals surface area (Å²) < 4.78 is 30.1. The molecular weight excluding hydrogens is 258 g/mol. The SMILES string of the molecule is COc1ncc(Br)cc1C(N)C(F)F. The lowest BCUT2D eigenvalue weighted by Gasteiger charge is -2.13. The van der Waals surface area contributed by atoms with Crippen molar-refractivity contribution < 1.29 is 13.5 Å². The van der Waals surface area contributed by atoms with E-state index < -0.39 is 12.5 Å². The molecule has 1 rings (SSSR count). The third-order valence-corrected chi connectivity index (χ3v) is 2.10. The molecular formula is C8H9BrF2N2O. The van der Waals surface area contributed by atoms with Crippen molar-refractivity contribution in [3.05, 3.63) is 22.3 Å². The van der Waals surface area contributed by atoms with Crippen LogP contribution in [-0.2, 0) is 0 Å². The van der Waals surface area contributed by atoms with Crippen LogP contribution in [0.15, 0.2) is 16.7 Å². The number of rotatable bonds is 3. The summed E-state index contributed by atoms with van der Waals surface area (Å²) in [6, 6.07) is 0.0952. The van der Waals surface area contributed by atoms with E-state index in [0.29, 0.717) is 4.47 Å². The van der Waals surface area contributed by atoms with E-state index in [2.05, 4.69) is 20.9 Å². The number of ether oxygens (including phenoxy) is 1. The van der Waals surface area contributed by atoms with Gasteiger partial charge in [-0.2, -0.15) is 0 Å². The van der Waals surface area contributed by atoms with Gasteiger partial charge in [0.25, 0.3) is 6.43 Å². The van der Waals surface area contributed by atoms with Gasteiger partial charge in [-0.1, -0.05) is 0 Å². The van der Waals surface area contributed by atoms with Crippen molar-refractivity contribution >= 4 is 15.9 Å². The molecule has 1 aromatic heterocycles. The number of nitrogens with two attached hydrogens (primary N) is 1. The Morgan fingerprint density at radius 3 is 2.71 bits per heavy atom. The molecule has 1 heterocycles. The van der Waals surface area contributed by atoms with Gasteiger partial charge in [0, 0.05) is 16.2 Å². The van der Waals surface area contributed by atoms with Crippen LogP contribution in [-0.4, -0.2) is 18.5 Å². The summed E-state index contributed by atoms with van der Waals surface area (Å²) in [6.45, 7) is 0. The summed E-state index contributed by atoms with van der Waals surface area (Å²) in [5.41, 5.74) is 5.48. The van der Waals surface area contributed by atoms with Crippen LogP contribution in [0.25, 0.3) is 0 Å². The molecule has 14 heavy (non-hydrogen) atoms. The van der Waals surface area contributed by atoms with Crippen LogP contribution in [0.4, 0.5) is 8.78 Å². The van der Waals surface area contributed by atoms with Gasteiger partial charge in [-0.15, -0.1) is 0 Å². The van der Waals surface area contributed by atoms with Gasteiger partial charge in [0.05, 0.1) is 13.2 Å². The highest BCUT2D eigenvalue weighted by atomic mass is 79.9. The predicted molar refractivity (Wildman–Crippen MR) is 51.4 cm³/mol. The largest absolute Gasteiger partial charge is 0.481 e. The minimum absolute atomic E-state index is 0.126. The zero-order valence-corrected chi connectivity index (χ0v) is 8.96. The molecule has 0 aliphatic carbocycles. The van der Waals surface area contributed by atoms with Crippen LogP contribution in [0.5, 0.6) is 5.88 Å². The highest BCUT2D eigenvalue weighted by Crippen LogP contribution is 2.27. The molecule has 6 heteroatoms. The Balaban J connectivity index is 3.10. The number of nitrogens with zero attached hydrogens (tertiary/aromatic N) is 1. The Hall–Kier alpha value is -0.750. The van der Waals surface area contributed by atoms with E-state index in [0.717, 1.165) is 0 Å². The number of halogens is 3. The third kappa shape index (κ3) is 2.39. The first-order valence-electron chi connectivity index (χ1n) is 3.79. The first-order chi connectivity index (χ1) is 6.56. The zero-order valence-electron chi connectivity index (χ0n) is 7.38. The van der Waals surface area contributed by atoms with Gasteiger partial charge < -0.3 is 10.5 Å². The average molecular weight is 267 g/mol. The number of pyridine rings is 1. The van der Waals surface area contributed by atoms with Gasteiger partial charge in [0.2, 0.25) is 5.88 Å². The molecule has 0 fully saturated rings. The van der Waals surface area contributed by atoms with Crippen LogP contribution in [0, 0.1) is 0 Å². The molecule has 0 saturated carbocycles. The standard InChI is InChI=1S/C8H9BrF2N2O/c1-14-8-5(6(12)7(10)11)2-4(9)3-13-8/h2-3,6-7H,12H2,1H3. The smallest absolute Gasteiger partial charge is 0.257 e. The van der Waals surface area contributed by atoms with Gasteiger partial charge in [0.1, 0.15) is 0 Å². The van der Waals surface area contributed by atoms with E-state index in [-0.39, 0.29) is 11.4 Å². The molecule has 0 radical (unpaired) electrons. The summed E-state index contributed by atoms with van der Waals surface area (Å²) >= 11 is 3.12. The van der Waals surface area contributed by atoms with Crippen molar-refractivity contribution in [2.75, 3.05) is 7.11 Å². The van der Waals surface area contributed by atoms with Crippen LogP contribution in [0.2, 0.25) is 0 Å². The van der Waals surface area contributed by atoms with Crippen molar-refractivity contribution in [1.29, 1.82) is 0 Å². The molecule has 0 saturated heterocycles. The monoisotopic (exact) mass is 266 g/mol. The van der Waals surface area contributed by atoms with Gasteiger partial charge in [-0.3, -0.25) is 0 Å². The highest BCUT2D eigenvalue weighted by molar-refractivity contribution is 9.10. The number of alkyl halides is 2. The summed E-state index contributed by atoms with van der Waals surface area (Å²) in [7, 11) is 1.36. The minimum atomic E-state index is -2.64. The summed E-state index contributed by atoms with van der Waals surface area (Å²) in [4.78, 5) is 3.82. The van der Waals surface area contributed by atoms with Crippen LogP contribution < -0.4 is 10.5 Å². The maximum atomic E-state index is 12.3. The lowest BCUT2D eigenvalue weighted by atomic mass is 10.1. The fraction of sp³-hybridized carbons (Fsp3) is 0.375. The first kappa shape index (κ1) is 11.3. The van der Waals surface area contributed by atoms with E-state index in [9.17, 15) is 8.78 Å². The zero-order chi connectivity index (χ0) is 10.7. The average Bonchev–Trinajstić information content (AvgIpc) is 2.16. The van der Waals surface area contributed by atoms with Gasteiger partial charge in [0.15, 0.2) is 0 Å². The number of hydrogen-bond acceptors (Lipinski definition) is 3. The molecule has 2 N–H and O–H groups in total. The molecule has 3 nitrogen and oxygen atoms in total. The van der Waals surface area contributed by atoms with Crippen molar-refractivity contribution in [3.63, 3.8) is 0 Å². The maximum absolute atomic E-state index is 12.3.